The molecule has 6 nitrogen and oxygen atoms in total. The predicted octanol–water partition coefficient (Wildman–Crippen LogP) is 2.29. The van der Waals surface area contributed by atoms with E-state index in [1.807, 2.05) is 11.0 Å². The quantitative estimate of drug-likeness (QED) is 0.877. The number of piperidine rings is 1. The summed E-state index contributed by atoms with van der Waals surface area (Å²) >= 11 is 0. The van der Waals surface area contributed by atoms with Crippen molar-refractivity contribution in [1.82, 2.24) is 20.4 Å². The topological polar surface area (TPSA) is 70.2 Å². The van der Waals surface area contributed by atoms with Crippen molar-refractivity contribution >= 4 is 6.03 Å². The standard InChI is InChI=1S/C16H26N4O2/c21-16(17-11-14-5-8-18-19-14)20-9-6-13(7-10-20)12-22-15-3-1-2-4-15/h5,8,13,15H,1-4,6-7,9-12H2,(H,17,21)(H,18,19). The van der Waals surface area contributed by atoms with Crippen LogP contribution in [0.5, 0.6) is 0 Å². The van der Waals surface area contributed by atoms with E-state index in [2.05, 4.69) is 15.5 Å². The smallest absolute Gasteiger partial charge is 0.317 e. The molecule has 1 saturated carbocycles. The van der Waals surface area contributed by atoms with Crippen LogP contribution in [0, 0.1) is 5.92 Å². The van der Waals surface area contributed by atoms with Gasteiger partial charge in [-0.2, -0.15) is 5.10 Å². The van der Waals surface area contributed by atoms with E-state index in [-0.39, 0.29) is 6.03 Å². The van der Waals surface area contributed by atoms with Gasteiger partial charge in [-0.25, -0.2) is 4.79 Å². The number of H-pyrrole nitrogens is 1. The van der Waals surface area contributed by atoms with Gasteiger partial charge in [-0.1, -0.05) is 12.8 Å². The number of hydrogen-bond acceptors (Lipinski definition) is 3. The maximum Gasteiger partial charge on any atom is 0.317 e. The van der Waals surface area contributed by atoms with Gasteiger partial charge in [-0.05, 0) is 37.7 Å². The molecule has 0 radical (unpaired) electrons. The number of nitrogens with one attached hydrogen (secondary N) is 2. The molecule has 2 N–H and O–H groups in total. The highest BCUT2D eigenvalue weighted by molar-refractivity contribution is 5.74. The van der Waals surface area contributed by atoms with Crippen LogP contribution in [-0.2, 0) is 11.3 Å². The second-order valence-electron chi connectivity index (χ2n) is 6.41. The largest absolute Gasteiger partial charge is 0.378 e. The van der Waals surface area contributed by atoms with E-state index < -0.39 is 0 Å². The Morgan fingerprint density at radius 1 is 1.32 bits per heavy atom. The number of aromatic amines is 1. The van der Waals surface area contributed by atoms with Crippen molar-refractivity contribution in [3.8, 4) is 0 Å². The van der Waals surface area contributed by atoms with Crippen molar-refractivity contribution in [2.45, 2.75) is 51.2 Å². The summed E-state index contributed by atoms with van der Waals surface area (Å²) in [6.07, 6.45) is 9.38. The molecule has 1 aliphatic heterocycles. The summed E-state index contributed by atoms with van der Waals surface area (Å²) in [6, 6.07) is 1.89. The van der Waals surface area contributed by atoms with Crippen LogP contribution in [0.1, 0.15) is 44.2 Å². The first-order valence-corrected chi connectivity index (χ1v) is 8.44. The normalized spacial score (nSPS) is 20.5. The highest BCUT2D eigenvalue weighted by Gasteiger charge is 2.24. The van der Waals surface area contributed by atoms with Crippen LogP contribution < -0.4 is 5.32 Å². The minimum Gasteiger partial charge on any atom is -0.378 e. The van der Waals surface area contributed by atoms with Crippen LogP contribution in [0.15, 0.2) is 12.3 Å². The Morgan fingerprint density at radius 3 is 2.77 bits per heavy atom. The molecular weight excluding hydrogens is 280 g/mol. The number of urea groups is 1. The minimum atomic E-state index is 0.0183. The summed E-state index contributed by atoms with van der Waals surface area (Å²) in [5.41, 5.74) is 0.924. The first-order valence-electron chi connectivity index (χ1n) is 8.44. The van der Waals surface area contributed by atoms with E-state index in [1.165, 1.54) is 25.7 Å². The van der Waals surface area contributed by atoms with Crippen LogP contribution in [-0.4, -0.2) is 46.9 Å². The Morgan fingerprint density at radius 2 is 2.09 bits per heavy atom. The molecule has 1 aromatic heterocycles. The number of amides is 2. The Labute approximate surface area is 131 Å². The lowest BCUT2D eigenvalue weighted by atomic mass is 9.98. The molecule has 2 heterocycles. The SMILES string of the molecule is O=C(NCc1ccn[nH]1)N1CCC(COC2CCCC2)CC1. The molecule has 6 heteroatoms. The zero-order valence-electron chi connectivity index (χ0n) is 13.1. The second kappa shape index (κ2) is 7.63. The summed E-state index contributed by atoms with van der Waals surface area (Å²) in [5.74, 6) is 0.609. The van der Waals surface area contributed by atoms with Crippen LogP contribution >= 0.6 is 0 Å². The third kappa shape index (κ3) is 4.22. The molecule has 0 atom stereocenters. The van der Waals surface area contributed by atoms with E-state index >= 15 is 0 Å². The van der Waals surface area contributed by atoms with E-state index in [9.17, 15) is 4.79 Å². The Kier molecular flexibility index (Phi) is 5.32. The fraction of sp³-hybridized carbons (Fsp3) is 0.750. The van der Waals surface area contributed by atoms with Gasteiger partial charge in [0, 0.05) is 25.9 Å². The zero-order chi connectivity index (χ0) is 15.2. The van der Waals surface area contributed by atoms with Crippen LogP contribution in [0.3, 0.4) is 0 Å². The van der Waals surface area contributed by atoms with E-state index in [4.69, 9.17) is 4.74 Å². The highest BCUT2D eigenvalue weighted by Crippen LogP contribution is 2.24. The predicted molar refractivity (Wildman–Crippen MR) is 83.3 cm³/mol. The van der Waals surface area contributed by atoms with Crippen molar-refractivity contribution < 1.29 is 9.53 Å². The van der Waals surface area contributed by atoms with Crippen molar-refractivity contribution in [2.24, 2.45) is 5.92 Å². The van der Waals surface area contributed by atoms with Gasteiger partial charge in [0.05, 0.1) is 18.3 Å². The number of rotatable bonds is 5. The van der Waals surface area contributed by atoms with Crippen molar-refractivity contribution in [3.63, 3.8) is 0 Å². The fourth-order valence-electron chi connectivity index (χ4n) is 3.30. The first-order chi connectivity index (χ1) is 10.8. The molecule has 1 aromatic rings. The van der Waals surface area contributed by atoms with Gasteiger partial charge in [0.25, 0.3) is 0 Å². The summed E-state index contributed by atoms with van der Waals surface area (Å²) in [4.78, 5) is 14.0. The Hall–Kier alpha value is -1.56. The molecule has 1 saturated heterocycles. The average molecular weight is 306 g/mol. The molecule has 1 aliphatic carbocycles. The fourth-order valence-corrected chi connectivity index (χ4v) is 3.30. The molecule has 2 fully saturated rings. The molecule has 122 valence electrons. The average Bonchev–Trinajstić information content (AvgIpc) is 3.24. The van der Waals surface area contributed by atoms with Crippen molar-refractivity contribution in [1.29, 1.82) is 0 Å². The lowest BCUT2D eigenvalue weighted by Gasteiger charge is -2.32. The Bertz CT molecular complexity index is 449. The molecule has 2 amide bonds. The highest BCUT2D eigenvalue weighted by atomic mass is 16.5. The summed E-state index contributed by atoms with van der Waals surface area (Å²) in [6.45, 7) is 3.03. The van der Waals surface area contributed by atoms with Gasteiger partial charge >= 0.3 is 6.03 Å². The molecule has 0 unspecified atom stereocenters. The van der Waals surface area contributed by atoms with Crippen LogP contribution in [0.4, 0.5) is 4.79 Å². The minimum absolute atomic E-state index is 0.0183. The van der Waals surface area contributed by atoms with Gasteiger partial charge < -0.3 is 15.0 Å². The van der Waals surface area contributed by atoms with Crippen LogP contribution in [0.25, 0.3) is 0 Å². The van der Waals surface area contributed by atoms with Gasteiger partial charge in [0.2, 0.25) is 0 Å². The number of ether oxygens (including phenoxy) is 1. The van der Waals surface area contributed by atoms with Gasteiger partial charge in [0.15, 0.2) is 0 Å². The first kappa shape index (κ1) is 15.3. The lowest BCUT2D eigenvalue weighted by molar-refractivity contribution is 0.0195. The number of nitrogens with zero attached hydrogens (tertiary/aromatic N) is 2. The third-order valence-electron chi connectivity index (χ3n) is 4.76. The van der Waals surface area contributed by atoms with Gasteiger partial charge in [-0.3, -0.25) is 5.10 Å². The van der Waals surface area contributed by atoms with Gasteiger partial charge in [-0.15, -0.1) is 0 Å². The number of aromatic nitrogens is 2. The van der Waals surface area contributed by atoms with E-state index in [0.29, 0.717) is 18.6 Å². The molecule has 3 rings (SSSR count). The maximum absolute atomic E-state index is 12.1. The second-order valence-corrected chi connectivity index (χ2v) is 6.41. The zero-order valence-corrected chi connectivity index (χ0v) is 13.1. The van der Waals surface area contributed by atoms with E-state index in [0.717, 1.165) is 38.2 Å². The van der Waals surface area contributed by atoms with Crippen molar-refractivity contribution in [2.75, 3.05) is 19.7 Å². The number of carbonyl (C=O) groups is 1. The summed E-state index contributed by atoms with van der Waals surface area (Å²) in [7, 11) is 0. The molecule has 2 aliphatic rings. The molecule has 22 heavy (non-hydrogen) atoms. The molecular formula is C16H26N4O2. The number of hydrogen-bond donors (Lipinski definition) is 2. The van der Waals surface area contributed by atoms with E-state index in [1.54, 1.807) is 6.20 Å². The summed E-state index contributed by atoms with van der Waals surface area (Å²) < 4.78 is 6.00. The number of likely N-dealkylation sites (tertiary alicyclic amines) is 1. The maximum atomic E-state index is 12.1. The molecule has 0 spiro atoms. The molecule has 0 bridgehead atoms. The van der Waals surface area contributed by atoms with Gasteiger partial charge in [0.1, 0.15) is 0 Å². The summed E-state index contributed by atoms with van der Waals surface area (Å²) in [5, 5.41) is 9.65. The third-order valence-corrected chi connectivity index (χ3v) is 4.76. The monoisotopic (exact) mass is 306 g/mol. The molecule has 0 aromatic carbocycles. The van der Waals surface area contributed by atoms with Crippen LogP contribution in [0.2, 0.25) is 0 Å². The lowest BCUT2D eigenvalue weighted by Crippen LogP contribution is -2.44. The Balaban J connectivity index is 1.33. The number of carbonyl (C=O) groups excluding carboxylic acids is 1. The van der Waals surface area contributed by atoms with Crippen molar-refractivity contribution in [3.05, 3.63) is 18.0 Å².